The van der Waals surface area contributed by atoms with Crippen LogP contribution in [-0.4, -0.2) is 31.6 Å². The molecule has 24 heavy (non-hydrogen) atoms. The Labute approximate surface area is 145 Å². The minimum absolute atomic E-state index is 0.00495. The number of methoxy groups -OCH3 is 2. The molecule has 1 amide bonds. The molecule has 0 saturated carbocycles. The van der Waals surface area contributed by atoms with Gasteiger partial charge in [0.2, 0.25) is 0 Å². The van der Waals surface area contributed by atoms with Crippen LogP contribution in [0.5, 0.6) is 11.5 Å². The molecule has 2 aliphatic rings. The zero-order valence-electron chi connectivity index (χ0n) is 14.0. The van der Waals surface area contributed by atoms with Crippen molar-refractivity contribution in [1.82, 2.24) is 4.90 Å². The third-order valence-corrected chi connectivity index (χ3v) is 6.26. The number of thioether (sulfide) groups is 1. The third-order valence-electron chi connectivity index (χ3n) is 4.75. The molecule has 0 spiro atoms. The third kappa shape index (κ3) is 2.18. The molecule has 0 saturated heterocycles. The second-order valence-corrected chi connectivity index (χ2v) is 7.17. The summed E-state index contributed by atoms with van der Waals surface area (Å²) in [6, 6.07) is 10.0. The van der Waals surface area contributed by atoms with Crippen LogP contribution in [0.15, 0.2) is 35.2 Å². The van der Waals surface area contributed by atoms with Crippen molar-refractivity contribution < 1.29 is 14.3 Å². The van der Waals surface area contributed by atoms with Crippen LogP contribution in [0.1, 0.15) is 32.4 Å². The summed E-state index contributed by atoms with van der Waals surface area (Å²) >= 11 is 1.76. The number of fused-ring (bicyclic) bond motifs is 4. The first-order valence-corrected chi connectivity index (χ1v) is 8.84. The summed E-state index contributed by atoms with van der Waals surface area (Å²) in [5.41, 5.74) is 4.34. The standard InChI is InChI=1S/C19H19NO3S/c1-11-5-4-6-13-17(11)24-19-14-10-16(23-3)15(22-2)9-12(14)7-8-20(19)18(13)21/h4-6,9-10,19H,7-8H2,1-3H3. The largest absolute Gasteiger partial charge is 0.493 e. The maximum atomic E-state index is 12.9. The smallest absolute Gasteiger partial charge is 0.256 e. The molecule has 0 aromatic heterocycles. The lowest BCUT2D eigenvalue weighted by Gasteiger charge is -2.41. The summed E-state index contributed by atoms with van der Waals surface area (Å²) in [5, 5.41) is -0.00495. The van der Waals surface area contributed by atoms with Crippen LogP contribution in [-0.2, 0) is 6.42 Å². The number of aryl methyl sites for hydroxylation is 1. The van der Waals surface area contributed by atoms with Gasteiger partial charge in [-0.2, -0.15) is 0 Å². The van der Waals surface area contributed by atoms with Crippen LogP contribution in [0.4, 0.5) is 0 Å². The van der Waals surface area contributed by atoms with E-state index in [0.29, 0.717) is 5.75 Å². The van der Waals surface area contributed by atoms with Crippen LogP contribution in [0.2, 0.25) is 0 Å². The highest BCUT2D eigenvalue weighted by Gasteiger charge is 2.38. The van der Waals surface area contributed by atoms with Gasteiger partial charge in [-0.3, -0.25) is 4.79 Å². The van der Waals surface area contributed by atoms with E-state index < -0.39 is 0 Å². The second kappa shape index (κ2) is 5.74. The lowest BCUT2D eigenvalue weighted by molar-refractivity contribution is 0.0716. The number of hydrogen-bond acceptors (Lipinski definition) is 4. The number of hydrogen-bond donors (Lipinski definition) is 0. The van der Waals surface area contributed by atoms with E-state index in [1.54, 1.807) is 26.0 Å². The predicted octanol–water partition coefficient (Wildman–Crippen LogP) is 3.82. The minimum atomic E-state index is -0.00495. The van der Waals surface area contributed by atoms with Crippen LogP contribution in [0.3, 0.4) is 0 Å². The summed E-state index contributed by atoms with van der Waals surface area (Å²) < 4.78 is 10.9. The van der Waals surface area contributed by atoms with Gasteiger partial charge in [0.05, 0.1) is 19.8 Å². The van der Waals surface area contributed by atoms with Crippen molar-refractivity contribution in [2.75, 3.05) is 20.8 Å². The summed E-state index contributed by atoms with van der Waals surface area (Å²) in [4.78, 5) is 16.0. The fourth-order valence-corrected chi connectivity index (χ4v) is 4.92. The van der Waals surface area contributed by atoms with Crippen molar-refractivity contribution in [2.45, 2.75) is 23.6 Å². The van der Waals surface area contributed by atoms with Gasteiger partial charge < -0.3 is 14.4 Å². The Morgan fingerprint density at radius 3 is 2.67 bits per heavy atom. The molecule has 124 valence electrons. The lowest BCUT2D eigenvalue weighted by Crippen LogP contribution is -2.41. The number of amides is 1. The van der Waals surface area contributed by atoms with Crippen LogP contribution >= 0.6 is 11.8 Å². The van der Waals surface area contributed by atoms with Crippen LogP contribution in [0, 0.1) is 6.92 Å². The van der Waals surface area contributed by atoms with Gasteiger partial charge >= 0.3 is 0 Å². The average molecular weight is 341 g/mol. The first-order valence-electron chi connectivity index (χ1n) is 7.96. The Morgan fingerprint density at radius 1 is 1.17 bits per heavy atom. The SMILES string of the molecule is COc1cc2c(cc1OC)C1Sc3c(C)cccc3C(=O)N1CC2. The van der Waals surface area contributed by atoms with Crippen molar-refractivity contribution in [1.29, 1.82) is 0 Å². The quantitative estimate of drug-likeness (QED) is 0.832. The molecule has 0 N–H and O–H groups in total. The van der Waals surface area contributed by atoms with E-state index in [1.165, 1.54) is 5.56 Å². The van der Waals surface area contributed by atoms with E-state index in [0.717, 1.165) is 40.3 Å². The molecule has 0 fully saturated rings. The molecule has 5 heteroatoms. The molecule has 2 aromatic rings. The Balaban J connectivity index is 1.84. The molecule has 1 atom stereocenters. The highest BCUT2D eigenvalue weighted by Crippen LogP contribution is 2.50. The first kappa shape index (κ1) is 15.4. The number of carbonyl (C=O) groups is 1. The van der Waals surface area contributed by atoms with Gasteiger partial charge in [-0.15, -0.1) is 0 Å². The van der Waals surface area contributed by atoms with E-state index in [2.05, 4.69) is 13.0 Å². The number of ether oxygens (including phenoxy) is 2. The topological polar surface area (TPSA) is 38.8 Å². The monoisotopic (exact) mass is 341 g/mol. The molecular weight excluding hydrogens is 322 g/mol. The van der Waals surface area contributed by atoms with Gasteiger partial charge in [0.1, 0.15) is 5.37 Å². The normalized spacial score (nSPS) is 18.5. The lowest BCUT2D eigenvalue weighted by atomic mass is 9.97. The van der Waals surface area contributed by atoms with Crippen molar-refractivity contribution in [3.8, 4) is 11.5 Å². The summed E-state index contributed by atoms with van der Waals surface area (Å²) in [6.07, 6.45) is 0.833. The Bertz CT molecular complexity index is 834. The second-order valence-electron chi connectivity index (χ2n) is 6.08. The van der Waals surface area contributed by atoms with Gasteiger partial charge in [-0.1, -0.05) is 23.9 Å². The summed E-state index contributed by atoms with van der Waals surface area (Å²) in [6.45, 7) is 2.79. The highest BCUT2D eigenvalue weighted by atomic mass is 32.2. The van der Waals surface area contributed by atoms with Crippen molar-refractivity contribution in [2.24, 2.45) is 0 Å². The first-order chi connectivity index (χ1) is 11.6. The molecule has 4 rings (SSSR count). The number of rotatable bonds is 2. The molecular formula is C19H19NO3S. The summed E-state index contributed by atoms with van der Waals surface area (Å²) in [7, 11) is 3.29. The van der Waals surface area contributed by atoms with E-state index in [9.17, 15) is 4.79 Å². The van der Waals surface area contributed by atoms with Gasteiger partial charge in [-0.05, 0) is 48.2 Å². The summed E-state index contributed by atoms with van der Waals surface area (Å²) in [5.74, 6) is 1.58. The molecule has 0 aliphatic carbocycles. The zero-order chi connectivity index (χ0) is 16.8. The predicted molar refractivity (Wildman–Crippen MR) is 94.1 cm³/mol. The van der Waals surface area contributed by atoms with Gasteiger partial charge in [0, 0.05) is 11.4 Å². The van der Waals surface area contributed by atoms with Crippen LogP contribution < -0.4 is 9.47 Å². The van der Waals surface area contributed by atoms with Gasteiger partial charge in [0.15, 0.2) is 11.5 Å². The Kier molecular flexibility index (Phi) is 3.68. The Hall–Kier alpha value is -2.14. The van der Waals surface area contributed by atoms with E-state index >= 15 is 0 Å². The van der Waals surface area contributed by atoms with Gasteiger partial charge in [0.25, 0.3) is 5.91 Å². The van der Waals surface area contributed by atoms with Crippen LogP contribution in [0.25, 0.3) is 0 Å². The van der Waals surface area contributed by atoms with E-state index in [1.807, 2.05) is 29.2 Å². The Morgan fingerprint density at radius 2 is 1.92 bits per heavy atom. The fourth-order valence-electron chi connectivity index (χ4n) is 3.49. The molecule has 2 aromatic carbocycles. The number of nitrogens with zero attached hydrogens (tertiary/aromatic N) is 1. The molecule has 2 heterocycles. The fraction of sp³-hybridized carbons (Fsp3) is 0.316. The molecule has 2 aliphatic heterocycles. The molecule has 1 unspecified atom stereocenters. The van der Waals surface area contributed by atoms with E-state index in [-0.39, 0.29) is 11.3 Å². The van der Waals surface area contributed by atoms with Gasteiger partial charge in [-0.25, -0.2) is 0 Å². The average Bonchev–Trinajstić information content (AvgIpc) is 2.61. The molecule has 0 bridgehead atoms. The number of carbonyl (C=O) groups excluding carboxylic acids is 1. The van der Waals surface area contributed by atoms with Crippen molar-refractivity contribution in [3.63, 3.8) is 0 Å². The van der Waals surface area contributed by atoms with Crippen molar-refractivity contribution >= 4 is 17.7 Å². The zero-order valence-corrected chi connectivity index (χ0v) is 14.8. The van der Waals surface area contributed by atoms with Crippen molar-refractivity contribution in [3.05, 3.63) is 52.6 Å². The highest BCUT2D eigenvalue weighted by molar-refractivity contribution is 7.99. The maximum absolute atomic E-state index is 12.9. The maximum Gasteiger partial charge on any atom is 0.256 e. The van der Waals surface area contributed by atoms with E-state index in [4.69, 9.17) is 9.47 Å². The molecule has 4 nitrogen and oxygen atoms in total. The number of benzene rings is 2. The minimum Gasteiger partial charge on any atom is -0.493 e. The molecule has 0 radical (unpaired) electrons.